The van der Waals surface area contributed by atoms with Crippen molar-refractivity contribution in [2.45, 2.75) is 26.7 Å². The summed E-state index contributed by atoms with van der Waals surface area (Å²) in [5, 5.41) is 0. The molecule has 0 aromatic heterocycles. The fourth-order valence-electron chi connectivity index (χ4n) is 3.41. The number of carbonyl (C=O) groups excluding carboxylic acids is 2. The van der Waals surface area contributed by atoms with E-state index in [9.17, 15) is 9.59 Å². The standard InChI is InChI=1S/C17H23N3O2/c1-12(21)20-7-5-13-9-14(3-4-15(13)20)16(22)19-8-6-17(2,10-18)11-19/h3-4,9H,5-8,10-11,18H2,1-2H3. The van der Waals surface area contributed by atoms with Crippen LogP contribution in [0.1, 0.15) is 36.2 Å². The monoisotopic (exact) mass is 301 g/mol. The number of rotatable bonds is 2. The second-order valence-corrected chi connectivity index (χ2v) is 6.76. The van der Waals surface area contributed by atoms with Gasteiger partial charge < -0.3 is 15.5 Å². The van der Waals surface area contributed by atoms with Crippen molar-refractivity contribution < 1.29 is 9.59 Å². The molecule has 0 bridgehead atoms. The summed E-state index contributed by atoms with van der Waals surface area (Å²) in [7, 11) is 0. The smallest absolute Gasteiger partial charge is 0.253 e. The van der Waals surface area contributed by atoms with Gasteiger partial charge in [-0.15, -0.1) is 0 Å². The van der Waals surface area contributed by atoms with Gasteiger partial charge in [-0.25, -0.2) is 0 Å². The normalized spacial score (nSPS) is 23.8. The van der Waals surface area contributed by atoms with Crippen molar-refractivity contribution >= 4 is 17.5 Å². The van der Waals surface area contributed by atoms with Gasteiger partial charge in [0.1, 0.15) is 0 Å². The van der Waals surface area contributed by atoms with Crippen LogP contribution in [0.4, 0.5) is 5.69 Å². The molecule has 1 fully saturated rings. The highest BCUT2D eigenvalue weighted by molar-refractivity contribution is 5.98. The summed E-state index contributed by atoms with van der Waals surface area (Å²) in [5.41, 5.74) is 8.59. The molecule has 1 saturated heterocycles. The minimum absolute atomic E-state index is 0.0395. The molecule has 22 heavy (non-hydrogen) atoms. The molecule has 2 aliphatic rings. The van der Waals surface area contributed by atoms with E-state index >= 15 is 0 Å². The van der Waals surface area contributed by atoms with E-state index < -0.39 is 0 Å². The fraction of sp³-hybridized carbons (Fsp3) is 0.529. The third-order valence-corrected chi connectivity index (χ3v) is 4.94. The van der Waals surface area contributed by atoms with Gasteiger partial charge in [0.15, 0.2) is 0 Å². The van der Waals surface area contributed by atoms with Crippen LogP contribution in [0.2, 0.25) is 0 Å². The molecule has 1 atom stereocenters. The Labute approximate surface area is 131 Å². The predicted octanol–water partition coefficient (Wildman–Crippen LogP) is 1.41. The Morgan fingerprint density at radius 1 is 1.32 bits per heavy atom. The molecule has 2 aliphatic heterocycles. The quantitative estimate of drug-likeness (QED) is 0.898. The number of hydrogen-bond acceptors (Lipinski definition) is 3. The lowest BCUT2D eigenvalue weighted by Crippen LogP contribution is -2.34. The van der Waals surface area contributed by atoms with Crippen molar-refractivity contribution in [1.82, 2.24) is 4.90 Å². The molecule has 2 amide bonds. The number of amides is 2. The first-order valence-corrected chi connectivity index (χ1v) is 7.84. The highest BCUT2D eigenvalue weighted by atomic mass is 16.2. The van der Waals surface area contributed by atoms with E-state index in [-0.39, 0.29) is 17.2 Å². The first-order chi connectivity index (χ1) is 10.4. The summed E-state index contributed by atoms with van der Waals surface area (Å²) in [5.74, 6) is 0.123. The third kappa shape index (κ3) is 2.50. The average Bonchev–Trinajstić information content (AvgIpc) is 3.10. The molecular formula is C17H23N3O2. The summed E-state index contributed by atoms with van der Waals surface area (Å²) in [6.07, 6.45) is 1.77. The Hall–Kier alpha value is -1.88. The minimum Gasteiger partial charge on any atom is -0.338 e. The zero-order chi connectivity index (χ0) is 15.9. The molecule has 0 aliphatic carbocycles. The van der Waals surface area contributed by atoms with E-state index in [1.807, 2.05) is 23.1 Å². The third-order valence-electron chi connectivity index (χ3n) is 4.94. The lowest BCUT2D eigenvalue weighted by molar-refractivity contribution is -0.116. The van der Waals surface area contributed by atoms with Crippen LogP contribution in [0.3, 0.4) is 0 Å². The van der Waals surface area contributed by atoms with Crippen LogP contribution in [0.15, 0.2) is 18.2 Å². The molecule has 2 heterocycles. The number of benzene rings is 1. The summed E-state index contributed by atoms with van der Waals surface area (Å²) in [6.45, 7) is 6.51. The zero-order valence-electron chi connectivity index (χ0n) is 13.3. The molecule has 2 N–H and O–H groups in total. The van der Waals surface area contributed by atoms with E-state index in [2.05, 4.69) is 6.92 Å². The van der Waals surface area contributed by atoms with E-state index in [1.54, 1.807) is 11.8 Å². The lowest BCUT2D eigenvalue weighted by atomic mass is 9.90. The SMILES string of the molecule is CC(=O)N1CCc2cc(C(=O)N3CCC(C)(CN)C3)ccc21. The van der Waals surface area contributed by atoms with Gasteiger partial charge in [-0.3, -0.25) is 9.59 Å². The largest absolute Gasteiger partial charge is 0.338 e. The maximum atomic E-state index is 12.7. The van der Waals surface area contributed by atoms with Crippen LogP contribution < -0.4 is 10.6 Å². The molecule has 3 rings (SSSR count). The van der Waals surface area contributed by atoms with Crippen LogP contribution in [0.5, 0.6) is 0 Å². The fourth-order valence-corrected chi connectivity index (χ4v) is 3.41. The Kier molecular flexibility index (Phi) is 3.68. The Morgan fingerprint density at radius 2 is 2.09 bits per heavy atom. The van der Waals surface area contributed by atoms with E-state index in [0.717, 1.165) is 37.2 Å². The van der Waals surface area contributed by atoms with Gasteiger partial charge in [-0.2, -0.15) is 0 Å². The maximum absolute atomic E-state index is 12.7. The van der Waals surface area contributed by atoms with E-state index in [4.69, 9.17) is 5.73 Å². The van der Waals surface area contributed by atoms with Gasteiger partial charge >= 0.3 is 0 Å². The number of likely N-dealkylation sites (tertiary alicyclic amines) is 1. The summed E-state index contributed by atoms with van der Waals surface area (Å²) in [6, 6.07) is 5.68. The molecule has 1 aromatic carbocycles. The van der Waals surface area contributed by atoms with Crippen LogP contribution in [-0.2, 0) is 11.2 Å². The Balaban J connectivity index is 1.80. The van der Waals surface area contributed by atoms with Crippen LogP contribution >= 0.6 is 0 Å². The summed E-state index contributed by atoms with van der Waals surface area (Å²) < 4.78 is 0. The first kappa shape index (κ1) is 15.0. The maximum Gasteiger partial charge on any atom is 0.253 e. The van der Waals surface area contributed by atoms with Gasteiger partial charge in [-0.1, -0.05) is 6.92 Å². The molecule has 0 spiro atoms. The van der Waals surface area contributed by atoms with Gasteiger partial charge in [-0.05, 0) is 48.6 Å². The van der Waals surface area contributed by atoms with Gasteiger partial charge in [0.25, 0.3) is 5.91 Å². The van der Waals surface area contributed by atoms with Crippen LogP contribution in [-0.4, -0.2) is 42.9 Å². The zero-order valence-corrected chi connectivity index (χ0v) is 13.3. The first-order valence-electron chi connectivity index (χ1n) is 7.84. The number of nitrogens with two attached hydrogens (primary N) is 1. The summed E-state index contributed by atoms with van der Waals surface area (Å²) in [4.78, 5) is 27.9. The number of anilines is 1. The van der Waals surface area contributed by atoms with Crippen molar-refractivity contribution in [1.29, 1.82) is 0 Å². The van der Waals surface area contributed by atoms with Crippen LogP contribution in [0, 0.1) is 5.41 Å². The molecular weight excluding hydrogens is 278 g/mol. The highest BCUT2D eigenvalue weighted by Crippen LogP contribution is 2.32. The number of nitrogens with zero attached hydrogens (tertiary/aromatic N) is 2. The van der Waals surface area contributed by atoms with Gasteiger partial charge in [0, 0.05) is 37.8 Å². The van der Waals surface area contributed by atoms with Gasteiger partial charge in [0.05, 0.1) is 0 Å². The van der Waals surface area contributed by atoms with Crippen molar-refractivity contribution in [3.05, 3.63) is 29.3 Å². The molecule has 0 radical (unpaired) electrons. The van der Waals surface area contributed by atoms with Crippen molar-refractivity contribution in [2.75, 3.05) is 31.1 Å². The van der Waals surface area contributed by atoms with Crippen molar-refractivity contribution in [2.24, 2.45) is 11.1 Å². The van der Waals surface area contributed by atoms with Crippen LogP contribution in [0.25, 0.3) is 0 Å². The van der Waals surface area contributed by atoms with Crippen molar-refractivity contribution in [3.8, 4) is 0 Å². The molecule has 1 unspecified atom stereocenters. The van der Waals surface area contributed by atoms with Gasteiger partial charge in [0.2, 0.25) is 5.91 Å². The molecule has 0 saturated carbocycles. The Morgan fingerprint density at radius 3 is 2.73 bits per heavy atom. The molecule has 1 aromatic rings. The number of fused-ring (bicyclic) bond motifs is 1. The average molecular weight is 301 g/mol. The lowest BCUT2D eigenvalue weighted by Gasteiger charge is -2.23. The molecule has 5 nitrogen and oxygen atoms in total. The minimum atomic E-state index is 0.0395. The highest BCUT2D eigenvalue weighted by Gasteiger charge is 2.35. The van der Waals surface area contributed by atoms with E-state index in [1.165, 1.54) is 0 Å². The summed E-state index contributed by atoms with van der Waals surface area (Å²) >= 11 is 0. The second kappa shape index (κ2) is 5.39. The topological polar surface area (TPSA) is 66.6 Å². The number of hydrogen-bond donors (Lipinski definition) is 1. The predicted molar refractivity (Wildman–Crippen MR) is 85.9 cm³/mol. The van der Waals surface area contributed by atoms with Crippen molar-refractivity contribution in [3.63, 3.8) is 0 Å². The Bertz CT molecular complexity index is 628. The van der Waals surface area contributed by atoms with E-state index in [0.29, 0.717) is 18.7 Å². The molecule has 5 heteroatoms. The molecule has 118 valence electrons. The second-order valence-electron chi connectivity index (χ2n) is 6.76. The number of carbonyl (C=O) groups is 2.